The summed E-state index contributed by atoms with van der Waals surface area (Å²) >= 11 is 0. The van der Waals surface area contributed by atoms with Crippen molar-refractivity contribution in [1.82, 2.24) is 19.7 Å². The number of imidazole rings is 1. The van der Waals surface area contributed by atoms with Crippen molar-refractivity contribution in [1.29, 1.82) is 0 Å². The van der Waals surface area contributed by atoms with Gasteiger partial charge in [0.2, 0.25) is 5.91 Å². The van der Waals surface area contributed by atoms with Gasteiger partial charge in [0.25, 0.3) is 0 Å². The van der Waals surface area contributed by atoms with E-state index in [0.29, 0.717) is 18.5 Å². The molecule has 122 valence electrons. The van der Waals surface area contributed by atoms with Crippen molar-refractivity contribution in [2.45, 2.75) is 19.3 Å². The largest absolute Gasteiger partial charge is 0.356 e. The van der Waals surface area contributed by atoms with Crippen LogP contribution < -0.4 is 5.32 Å². The van der Waals surface area contributed by atoms with Gasteiger partial charge >= 0.3 is 0 Å². The Morgan fingerprint density at radius 1 is 1.08 bits per heavy atom. The predicted molar refractivity (Wildman–Crippen MR) is 89.7 cm³/mol. The van der Waals surface area contributed by atoms with Crippen LogP contribution in [0.15, 0.2) is 55.1 Å². The molecule has 3 aromatic heterocycles. The third-order valence-electron chi connectivity index (χ3n) is 3.75. The number of rotatable bonds is 7. The molecule has 0 aromatic carbocycles. The van der Waals surface area contributed by atoms with Gasteiger partial charge in [0, 0.05) is 50.0 Å². The maximum Gasteiger partial charge on any atom is 0.220 e. The van der Waals surface area contributed by atoms with E-state index in [1.807, 2.05) is 35.0 Å². The van der Waals surface area contributed by atoms with Gasteiger partial charge < -0.3 is 9.72 Å². The molecule has 6 nitrogen and oxygen atoms in total. The molecule has 0 spiro atoms. The van der Waals surface area contributed by atoms with Gasteiger partial charge in [-0.2, -0.15) is 0 Å². The maximum absolute atomic E-state index is 11.9. The number of pyridine rings is 2. The van der Waals surface area contributed by atoms with Crippen LogP contribution in [0.25, 0.3) is 5.52 Å². The van der Waals surface area contributed by atoms with Crippen molar-refractivity contribution >= 4 is 17.2 Å². The Kier molecular flexibility index (Phi) is 4.96. The van der Waals surface area contributed by atoms with E-state index < -0.39 is 0 Å². The van der Waals surface area contributed by atoms with E-state index in [-0.39, 0.29) is 24.5 Å². The van der Waals surface area contributed by atoms with Crippen LogP contribution in [-0.2, 0) is 11.2 Å². The minimum atomic E-state index is -0.131. The Balaban J connectivity index is 1.44. The molecule has 3 aromatic rings. The highest BCUT2D eigenvalue weighted by Gasteiger charge is 2.09. The van der Waals surface area contributed by atoms with Gasteiger partial charge in [0.15, 0.2) is 5.78 Å². The van der Waals surface area contributed by atoms with Crippen molar-refractivity contribution < 1.29 is 9.59 Å². The van der Waals surface area contributed by atoms with E-state index >= 15 is 0 Å². The van der Waals surface area contributed by atoms with Crippen LogP contribution in [0.4, 0.5) is 0 Å². The van der Waals surface area contributed by atoms with E-state index in [2.05, 4.69) is 15.3 Å². The lowest BCUT2D eigenvalue weighted by atomic mass is 10.1. The molecule has 0 atom stereocenters. The highest BCUT2D eigenvalue weighted by Crippen LogP contribution is 2.06. The Morgan fingerprint density at radius 2 is 2.00 bits per heavy atom. The molecule has 0 bridgehead atoms. The first kappa shape index (κ1) is 15.9. The Hall–Kier alpha value is -3.02. The third-order valence-corrected chi connectivity index (χ3v) is 3.75. The van der Waals surface area contributed by atoms with Gasteiger partial charge in [-0.15, -0.1) is 0 Å². The second kappa shape index (κ2) is 7.50. The summed E-state index contributed by atoms with van der Waals surface area (Å²) in [6.07, 6.45) is 7.89. The molecule has 0 unspecified atom stereocenters. The lowest BCUT2D eigenvalue weighted by Gasteiger charge is -2.05. The van der Waals surface area contributed by atoms with Crippen molar-refractivity contribution in [3.8, 4) is 0 Å². The van der Waals surface area contributed by atoms with Crippen LogP contribution in [-0.4, -0.2) is 32.6 Å². The van der Waals surface area contributed by atoms with E-state index in [9.17, 15) is 9.59 Å². The Labute approximate surface area is 139 Å². The number of fused-ring (bicyclic) bond motifs is 1. The highest BCUT2D eigenvalue weighted by atomic mass is 16.2. The van der Waals surface area contributed by atoms with E-state index in [0.717, 1.165) is 11.3 Å². The summed E-state index contributed by atoms with van der Waals surface area (Å²) in [5.41, 5.74) is 1.56. The minimum Gasteiger partial charge on any atom is -0.356 e. The molecule has 0 aliphatic heterocycles. The molecule has 3 rings (SSSR count). The average Bonchev–Trinajstić information content (AvgIpc) is 3.04. The quantitative estimate of drug-likeness (QED) is 0.676. The molecule has 24 heavy (non-hydrogen) atoms. The predicted octanol–water partition coefficient (Wildman–Crippen LogP) is 2.05. The number of ketones is 1. The van der Waals surface area contributed by atoms with Crippen LogP contribution in [0, 0.1) is 0 Å². The summed E-state index contributed by atoms with van der Waals surface area (Å²) in [4.78, 5) is 32.0. The molecule has 1 amide bonds. The zero-order chi connectivity index (χ0) is 16.8. The summed E-state index contributed by atoms with van der Waals surface area (Å²) in [6, 6.07) is 9.31. The van der Waals surface area contributed by atoms with Crippen LogP contribution in [0.5, 0.6) is 0 Å². The summed E-state index contributed by atoms with van der Waals surface area (Å²) in [6.45, 7) is 0.494. The number of Topliss-reactive ketones (excluding diaryl/α,β-unsaturated/α-hetero) is 1. The Bertz CT molecular complexity index is 842. The fourth-order valence-electron chi connectivity index (χ4n) is 2.49. The average molecular weight is 322 g/mol. The molecule has 0 aliphatic rings. The monoisotopic (exact) mass is 322 g/mol. The molecule has 0 saturated carbocycles. The van der Waals surface area contributed by atoms with Gasteiger partial charge in [0.05, 0.1) is 11.7 Å². The number of carbonyl (C=O) groups is 2. The Morgan fingerprint density at radius 3 is 2.83 bits per heavy atom. The van der Waals surface area contributed by atoms with Crippen LogP contribution in [0.1, 0.15) is 29.0 Å². The molecule has 0 aliphatic carbocycles. The lowest BCUT2D eigenvalue weighted by molar-refractivity contribution is -0.121. The first-order chi connectivity index (χ1) is 11.7. The number of nitrogens with zero attached hydrogens (tertiary/aromatic N) is 3. The molecule has 0 fully saturated rings. The first-order valence-corrected chi connectivity index (χ1v) is 7.85. The number of hydrogen-bond acceptors (Lipinski definition) is 4. The molecule has 3 heterocycles. The van der Waals surface area contributed by atoms with Crippen LogP contribution in [0.2, 0.25) is 0 Å². The molecule has 1 N–H and O–H groups in total. The molecule has 0 saturated heterocycles. The zero-order valence-corrected chi connectivity index (χ0v) is 13.2. The summed E-state index contributed by atoms with van der Waals surface area (Å²) < 4.78 is 2.00. The van der Waals surface area contributed by atoms with Gasteiger partial charge in [-0.25, -0.2) is 4.98 Å². The SMILES string of the molecule is O=C(CCC(=O)c1cccnc1)NCCc1ncc2ccccn12. The second-order valence-electron chi connectivity index (χ2n) is 5.43. The van der Waals surface area contributed by atoms with Crippen LogP contribution in [0.3, 0.4) is 0 Å². The third kappa shape index (κ3) is 3.84. The summed E-state index contributed by atoms with van der Waals surface area (Å²) in [5, 5.41) is 2.83. The first-order valence-electron chi connectivity index (χ1n) is 7.85. The van der Waals surface area contributed by atoms with Gasteiger partial charge in [-0.1, -0.05) is 6.07 Å². The second-order valence-corrected chi connectivity index (χ2v) is 5.43. The van der Waals surface area contributed by atoms with E-state index in [4.69, 9.17) is 0 Å². The molecule has 6 heteroatoms. The maximum atomic E-state index is 11.9. The molecular weight excluding hydrogens is 304 g/mol. The standard InChI is InChI=1S/C18H18N4O2/c23-16(14-4-3-9-19-12-14)6-7-18(24)20-10-8-17-21-13-15-5-1-2-11-22(15)17/h1-5,9,11-13H,6-8,10H2,(H,20,24). The van der Waals surface area contributed by atoms with E-state index in [1.165, 1.54) is 6.20 Å². The zero-order valence-electron chi connectivity index (χ0n) is 13.2. The van der Waals surface area contributed by atoms with Crippen molar-refractivity contribution in [3.63, 3.8) is 0 Å². The smallest absolute Gasteiger partial charge is 0.220 e. The van der Waals surface area contributed by atoms with Crippen molar-refractivity contribution in [2.75, 3.05) is 6.54 Å². The van der Waals surface area contributed by atoms with Gasteiger partial charge in [-0.05, 0) is 24.3 Å². The fraction of sp³-hybridized carbons (Fsp3) is 0.222. The van der Waals surface area contributed by atoms with E-state index in [1.54, 1.807) is 18.3 Å². The van der Waals surface area contributed by atoms with Crippen molar-refractivity contribution in [3.05, 3.63) is 66.5 Å². The van der Waals surface area contributed by atoms with Crippen LogP contribution >= 0.6 is 0 Å². The molecular formula is C18H18N4O2. The number of hydrogen-bond donors (Lipinski definition) is 1. The van der Waals surface area contributed by atoms with Crippen molar-refractivity contribution in [2.24, 2.45) is 0 Å². The summed E-state index contributed by atoms with van der Waals surface area (Å²) in [7, 11) is 0. The lowest BCUT2D eigenvalue weighted by Crippen LogP contribution is -2.26. The fourth-order valence-corrected chi connectivity index (χ4v) is 2.49. The normalized spacial score (nSPS) is 10.7. The van der Waals surface area contributed by atoms with Gasteiger partial charge in [0.1, 0.15) is 5.82 Å². The number of amides is 1. The minimum absolute atomic E-state index is 0.0718. The number of carbonyl (C=O) groups excluding carboxylic acids is 2. The molecule has 0 radical (unpaired) electrons. The number of aromatic nitrogens is 3. The number of nitrogens with one attached hydrogen (secondary N) is 1. The topological polar surface area (TPSA) is 76.4 Å². The highest BCUT2D eigenvalue weighted by molar-refractivity contribution is 5.97. The van der Waals surface area contributed by atoms with Gasteiger partial charge in [-0.3, -0.25) is 14.6 Å². The summed E-state index contributed by atoms with van der Waals surface area (Å²) in [5.74, 6) is 0.697.